The highest BCUT2D eigenvalue weighted by Crippen LogP contribution is 2.30. The lowest BCUT2D eigenvalue weighted by atomic mass is 9.99. The number of rotatable bonds is 5. The van der Waals surface area contributed by atoms with Gasteiger partial charge in [-0.2, -0.15) is 0 Å². The van der Waals surface area contributed by atoms with Crippen molar-refractivity contribution in [1.82, 2.24) is 4.90 Å². The van der Waals surface area contributed by atoms with Gasteiger partial charge in [-0.1, -0.05) is 13.8 Å². The van der Waals surface area contributed by atoms with Gasteiger partial charge < -0.3 is 10.0 Å². The average Bonchev–Trinajstić information content (AvgIpc) is 2.79. The zero-order chi connectivity index (χ0) is 14.7. The van der Waals surface area contributed by atoms with Crippen LogP contribution in [0.25, 0.3) is 0 Å². The van der Waals surface area contributed by atoms with E-state index >= 15 is 0 Å². The van der Waals surface area contributed by atoms with E-state index in [0.29, 0.717) is 11.4 Å². The number of carbonyl (C=O) groups is 2. The second kappa shape index (κ2) is 6.39. The van der Waals surface area contributed by atoms with Crippen LogP contribution in [0.2, 0.25) is 0 Å². The molecule has 0 radical (unpaired) electrons. The number of carboxylic acid groups (broad SMARTS) is 1. The van der Waals surface area contributed by atoms with Crippen LogP contribution in [0.15, 0.2) is 6.07 Å². The highest BCUT2D eigenvalue weighted by atomic mass is 32.1. The standard InChI is InChI=1S/C15H21NO3S/c1-10(2)8-16(9-14(17)18)15(19)13-7-11-5-3-4-6-12(11)20-13/h7,10H,3-6,8-9H2,1-2H3,(H,17,18). The molecule has 0 unspecified atom stereocenters. The molecule has 0 saturated heterocycles. The lowest BCUT2D eigenvalue weighted by Crippen LogP contribution is -2.37. The summed E-state index contributed by atoms with van der Waals surface area (Å²) in [4.78, 5) is 26.9. The molecule has 0 bridgehead atoms. The third-order valence-electron chi connectivity index (χ3n) is 3.41. The van der Waals surface area contributed by atoms with Crippen molar-refractivity contribution in [3.8, 4) is 0 Å². The molecule has 0 aliphatic heterocycles. The van der Waals surface area contributed by atoms with E-state index in [1.165, 1.54) is 28.2 Å². The fourth-order valence-electron chi connectivity index (χ4n) is 2.58. The van der Waals surface area contributed by atoms with E-state index in [1.54, 1.807) is 11.3 Å². The van der Waals surface area contributed by atoms with Crippen LogP contribution in [0.3, 0.4) is 0 Å². The highest BCUT2D eigenvalue weighted by molar-refractivity contribution is 7.14. The first-order valence-corrected chi connectivity index (χ1v) is 7.91. The molecule has 0 saturated carbocycles. The molecule has 1 aliphatic carbocycles. The Hall–Kier alpha value is -1.36. The van der Waals surface area contributed by atoms with Crippen LogP contribution < -0.4 is 0 Å². The molecule has 1 amide bonds. The minimum Gasteiger partial charge on any atom is -0.480 e. The van der Waals surface area contributed by atoms with Gasteiger partial charge in [0.1, 0.15) is 6.54 Å². The minimum atomic E-state index is -0.958. The van der Waals surface area contributed by atoms with Gasteiger partial charge in [-0.05, 0) is 43.2 Å². The zero-order valence-corrected chi connectivity index (χ0v) is 12.8. The lowest BCUT2D eigenvalue weighted by molar-refractivity contribution is -0.137. The van der Waals surface area contributed by atoms with Crippen molar-refractivity contribution < 1.29 is 14.7 Å². The topological polar surface area (TPSA) is 57.6 Å². The van der Waals surface area contributed by atoms with Crippen LogP contribution in [0.5, 0.6) is 0 Å². The van der Waals surface area contributed by atoms with E-state index in [0.717, 1.165) is 12.8 Å². The van der Waals surface area contributed by atoms with E-state index in [9.17, 15) is 9.59 Å². The highest BCUT2D eigenvalue weighted by Gasteiger charge is 2.23. The average molecular weight is 295 g/mol. The van der Waals surface area contributed by atoms with Gasteiger partial charge in [0.05, 0.1) is 4.88 Å². The van der Waals surface area contributed by atoms with Crippen LogP contribution in [-0.4, -0.2) is 35.0 Å². The summed E-state index contributed by atoms with van der Waals surface area (Å²) in [5, 5.41) is 8.96. The van der Waals surface area contributed by atoms with Crippen molar-refractivity contribution in [2.24, 2.45) is 5.92 Å². The van der Waals surface area contributed by atoms with Gasteiger partial charge in [0.25, 0.3) is 5.91 Å². The maximum atomic E-state index is 12.5. The van der Waals surface area contributed by atoms with Crippen molar-refractivity contribution in [3.05, 3.63) is 21.4 Å². The molecule has 1 aromatic rings. The fourth-order valence-corrected chi connectivity index (χ4v) is 3.80. The SMILES string of the molecule is CC(C)CN(CC(=O)O)C(=O)c1cc2c(s1)CCCC2. The maximum Gasteiger partial charge on any atom is 0.323 e. The summed E-state index contributed by atoms with van der Waals surface area (Å²) in [6, 6.07) is 1.97. The number of carbonyl (C=O) groups excluding carboxylic acids is 1. The molecule has 1 N–H and O–H groups in total. The number of fused-ring (bicyclic) bond motifs is 1. The first-order valence-electron chi connectivity index (χ1n) is 7.10. The number of amides is 1. The Morgan fingerprint density at radius 3 is 2.65 bits per heavy atom. The molecule has 0 spiro atoms. The lowest BCUT2D eigenvalue weighted by Gasteiger charge is -2.22. The summed E-state index contributed by atoms with van der Waals surface area (Å²) in [6.07, 6.45) is 4.47. The van der Waals surface area contributed by atoms with Crippen LogP contribution in [0, 0.1) is 5.92 Å². The minimum absolute atomic E-state index is 0.138. The van der Waals surface area contributed by atoms with Gasteiger partial charge >= 0.3 is 5.97 Å². The summed E-state index contributed by atoms with van der Waals surface area (Å²) < 4.78 is 0. The Bertz CT molecular complexity index is 484. The molecular weight excluding hydrogens is 274 g/mol. The molecule has 1 heterocycles. The van der Waals surface area contributed by atoms with Gasteiger partial charge in [0, 0.05) is 11.4 Å². The van der Waals surface area contributed by atoms with Crippen molar-refractivity contribution in [1.29, 1.82) is 0 Å². The van der Waals surface area contributed by atoms with Gasteiger partial charge in [0.15, 0.2) is 0 Å². The molecule has 0 aromatic carbocycles. The number of hydrogen-bond donors (Lipinski definition) is 1. The fraction of sp³-hybridized carbons (Fsp3) is 0.600. The van der Waals surface area contributed by atoms with Crippen LogP contribution >= 0.6 is 11.3 Å². The predicted octanol–water partition coefficient (Wildman–Crippen LogP) is 2.81. The van der Waals surface area contributed by atoms with E-state index in [4.69, 9.17) is 5.11 Å². The van der Waals surface area contributed by atoms with Crippen molar-refractivity contribution in [2.75, 3.05) is 13.1 Å². The second-order valence-electron chi connectivity index (χ2n) is 5.74. The van der Waals surface area contributed by atoms with Gasteiger partial charge in [0.2, 0.25) is 0 Å². The molecular formula is C15H21NO3S. The Morgan fingerprint density at radius 1 is 1.35 bits per heavy atom. The van der Waals surface area contributed by atoms with E-state index in [2.05, 4.69) is 0 Å². The summed E-state index contributed by atoms with van der Waals surface area (Å²) in [7, 11) is 0. The molecule has 1 aliphatic rings. The smallest absolute Gasteiger partial charge is 0.323 e. The van der Waals surface area contributed by atoms with Crippen LogP contribution in [-0.2, 0) is 17.6 Å². The number of hydrogen-bond acceptors (Lipinski definition) is 3. The van der Waals surface area contributed by atoms with E-state index in [1.807, 2.05) is 19.9 Å². The number of carboxylic acids is 1. The normalized spacial score (nSPS) is 14.2. The van der Waals surface area contributed by atoms with Crippen molar-refractivity contribution in [2.45, 2.75) is 39.5 Å². The number of nitrogens with zero attached hydrogens (tertiary/aromatic N) is 1. The molecule has 4 nitrogen and oxygen atoms in total. The van der Waals surface area contributed by atoms with Gasteiger partial charge in [-0.25, -0.2) is 0 Å². The monoisotopic (exact) mass is 295 g/mol. The Kier molecular flexibility index (Phi) is 4.81. The third kappa shape index (κ3) is 3.60. The Morgan fingerprint density at radius 2 is 2.05 bits per heavy atom. The maximum absolute atomic E-state index is 12.5. The number of aliphatic carboxylic acids is 1. The summed E-state index contributed by atoms with van der Waals surface area (Å²) in [5.41, 5.74) is 1.28. The van der Waals surface area contributed by atoms with Crippen LogP contribution in [0.4, 0.5) is 0 Å². The van der Waals surface area contributed by atoms with Gasteiger partial charge in [-0.15, -0.1) is 11.3 Å². The van der Waals surface area contributed by atoms with E-state index in [-0.39, 0.29) is 18.4 Å². The van der Waals surface area contributed by atoms with Crippen molar-refractivity contribution in [3.63, 3.8) is 0 Å². The molecule has 2 rings (SSSR count). The predicted molar refractivity (Wildman–Crippen MR) is 79.3 cm³/mol. The molecule has 0 fully saturated rings. The molecule has 0 atom stereocenters. The van der Waals surface area contributed by atoms with Gasteiger partial charge in [-0.3, -0.25) is 9.59 Å². The largest absolute Gasteiger partial charge is 0.480 e. The third-order valence-corrected chi connectivity index (χ3v) is 4.63. The Balaban J connectivity index is 2.17. The summed E-state index contributed by atoms with van der Waals surface area (Å²) in [6.45, 7) is 4.23. The zero-order valence-electron chi connectivity index (χ0n) is 12.0. The summed E-state index contributed by atoms with van der Waals surface area (Å²) in [5.74, 6) is -0.839. The quantitative estimate of drug-likeness (QED) is 0.908. The molecule has 1 aromatic heterocycles. The molecule has 5 heteroatoms. The first-order chi connectivity index (χ1) is 9.47. The number of thiophene rings is 1. The molecule has 110 valence electrons. The summed E-state index contributed by atoms with van der Waals surface area (Å²) >= 11 is 1.54. The van der Waals surface area contributed by atoms with Crippen molar-refractivity contribution >= 4 is 23.2 Å². The Labute approximate surface area is 123 Å². The number of aryl methyl sites for hydroxylation is 2. The van der Waals surface area contributed by atoms with E-state index < -0.39 is 5.97 Å². The second-order valence-corrected chi connectivity index (χ2v) is 6.88. The molecule has 20 heavy (non-hydrogen) atoms. The first kappa shape index (κ1) is 15.0. The van der Waals surface area contributed by atoms with Crippen LogP contribution in [0.1, 0.15) is 46.8 Å².